The minimum atomic E-state index is -0.970. The van der Waals surface area contributed by atoms with E-state index < -0.39 is 5.97 Å². The summed E-state index contributed by atoms with van der Waals surface area (Å²) in [6.07, 6.45) is 6.84. The first-order chi connectivity index (χ1) is 12.1. The average molecular weight is 367 g/mol. The molecular weight excluding hydrogens is 340 g/mol. The van der Waals surface area contributed by atoms with Crippen LogP contribution in [0.15, 0.2) is 18.2 Å². The molecule has 1 saturated carbocycles. The van der Waals surface area contributed by atoms with Gasteiger partial charge in [-0.25, -0.2) is 4.79 Å². The van der Waals surface area contributed by atoms with Gasteiger partial charge in [0, 0.05) is 49.4 Å². The first kappa shape index (κ1) is 18.5. The largest absolute Gasteiger partial charge is 0.482 e. The van der Waals surface area contributed by atoms with Crippen LogP contribution in [0.3, 0.4) is 0 Å². The number of aliphatic carboxylic acids is 1. The third-order valence-corrected chi connectivity index (χ3v) is 5.50. The summed E-state index contributed by atoms with van der Waals surface area (Å²) in [5.41, 5.74) is 0.958. The average Bonchev–Trinajstić information content (AvgIpc) is 2.62. The second-order valence-corrected chi connectivity index (χ2v) is 7.47. The smallest absolute Gasteiger partial charge is 0.341 e. The molecule has 3 rings (SSSR count). The van der Waals surface area contributed by atoms with Gasteiger partial charge < -0.3 is 9.84 Å². The van der Waals surface area contributed by atoms with E-state index >= 15 is 0 Å². The number of hydrogen-bond acceptors (Lipinski definition) is 4. The van der Waals surface area contributed by atoms with Crippen molar-refractivity contribution in [2.24, 2.45) is 0 Å². The van der Waals surface area contributed by atoms with Gasteiger partial charge in [0.15, 0.2) is 6.61 Å². The SMILES string of the molecule is O=C(O)COc1ccc(Cl)cc1CN1CCN(C2CCCCC2)CC1. The second-order valence-electron chi connectivity index (χ2n) is 7.04. The molecule has 25 heavy (non-hydrogen) atoms. The molecular formula is C19H27ClN2O3. The molecule has 5 nitrogen and oxygen atoms in total. The number of carboxylic acid groups (broad SMARTS) is 1. The van der Waals surface area contributed by atoms with Crippen molar-refractivity contribution < 1.29 is 14.6 Å². The van der Waals surface area contributed by atoms with Gasteiger partial charge in [0.05, 0.1) is 0 Å². The van der Waals surface area contributed by atoms with Gasteiger partial charge >= 0.3 is 5.97 Å². The molecule has 0 bridgehead atoms. The summed E-state index contributed by atoms with van der Waals surface area (Å²) in [6, 6.07) is 6.16. The highest BCUT2D eigenvalue weighted by Gasteiger charge is 2.25. The number of hydrogen-bond donors (Lipinski definition) is 1. The molecule has 138 valence electrons. The molecule has 2 fully saturated rings. The summed E-state index contributed by atoms with van der Waals surface area (Å²) < 4.78 is 5.42. The van der Waals surface area contributed by atoms with Crippen molar-refractivity contribution in [3.8, 4) is 5.75 Å². The number of piperazine rings is 1. The van der Waals surface area contributed by atoms with Gasteiger partial charge in [-0.2, -0.15) is 0 Å². The highest BCUT2D eigenvalue weighted by molar-refractivity contribution is 6.30. The minimum Gasteiger partial charge on any atom is -0.482 e. The van der Waals surface area contributed by atoms with Crippen LogP contribution in [0.4, 0.5) is 0 Å². The van der Waals surface area contributed by atoms with E-state index in [1.54, 1.807) is 12.1 Å². The molecule has 1 aromatic carbocycles. The van der Waals surface area contributed by atoms with Crippen LogP contribution in [0.2, 0.25) is 5.02 Å². The maximum absolute atomic E-state index is 10.8. The molecule has 0 spiro atoms. The normalized spacial score (nSPS) is 20.5. The summed E-state index contributed by atoms with van der Waals surface area (Å²) in [7, 11) is 0. The lowest BCUT2D eigenvalue weighted by Gasteiger charge is -2.40. The van der Waals surface area contributed by atoms with Crippen molar-refractivity contribution in [1.82, 2.24) is 9.80 Å². The second kappa shape index (κ2) is 8.88. The quantitative estimate of drug-likeness (QED) is 0.837. The zero-order valence-corrected chi connectivity index (χ0v) is 15.4. The van der Waals surface area contributed by atoms with Gasteiger partial charge in [-0.1, -0.05) is 30.9 Å². The van der Waals surface area contributed by atoms with Gasteiger partial charge in [0.2, 0.25) is 0 Å². The van der Waals surface area contributed by atoms with E-state index in [9.17, 15) is 4.79 Å². The predicted molar refractivity (Wildman–Crippen MR) is 98.3 cm³/mol. The Morgan fingerprint density at radius 3 is 2.56 bits per heavy atom. The summed E-state index contributed by atoms with van der Waals surface area (Å²) in [5.74, 6) is -0.358. The molecule has 1 aliphatic carbocycles. The molecule has 1 aliphatic heterocycles. The number of rotatable bonds is 6. The Bertz CT molecular complexity index is 582. The third-order valence-electron chi connectivity index (χ3n) is 5.27. The topological polar surface area (TPSA) is 53.0 Å². The number of ether oxygens (including phenoxy) is 1. The van der Waals surface area contributed by atoms with E-state index in [4.69, 9.17) is 21.4 Å². The Kier molecular flexibility index (Phi) is 6.57. The molecule has 1 N–H and O–H groups in total. The number of carboxylic acids is 1. The number of halogens is 1. The van der Waals surface area contributed by atoms with Crippen molar-refractivity contribution in [1.29, 1.82) is 0 Å². The first-order valence-corrected chi connectivity index (χ1v) is 9.59. The molecule has 1 saturated heterocycles. The van der Waals surface area contributed by atoms with E-state index in [0.29, 0.717) is 10.8 Å². The van der Waals surface area contributed by atoms with Crippen LogP contribution in [-0.4, -0.2) is 59.7 Å². The Balaban J connectivity index is 1.56. The Morgan fingerprint density at radius 2 is 1.88 bits per heavy atom. The zero-order valence-electron chi connectivity index (χ0n) is 14.6. The van der Waals surface area contributed by atoms with Gasteiger partial charge in [-0.15, -0.1) is 0 Å². The van der Waals surface area contributed by atoms with Crippen LogP contribution in [0.25, 0.3) is 0 Å². The fraction of sp³-hybridized carbons (Fsp3) is 0.632. The molecule has 0 radical (unpaired) electrons. The van der Waals surface area contributed by atoms with Crippen molar-refractivity contribution in [3.63, 3.8) is 0 Å². The maximum Gasteiger partial charge on any atom is 0.341 e. The van der Waals surface area contributed by atoms with E-state index in [0.717, 1.165) is 44.3 Å². The Morgan fingerprint density at radius 1 is 1.16 bits per heavy atom. The van der Waals surface area contributed by atoms with E-state index in [1.165, 1.54) is 32.1 Å². The molecule has 0 unspecified atom stereocenters. The number of nitrogens with zero attached hydrogens (tertiary/aromatic N) is 2. The highest BCUT2D eigenvalue weighted by atomic mass is 35.5. The van der Waals surface area contributed by atoms with E-state index in [-0.39, 0.29) is 6.61 Å². The lowest BCUT2D eigenvalue weighted by Crippen LogP contribution is -2.50. The monoisotopic (exact) mass is 366 g/mol. The van der Waals surface area contributed by atoms with Crippen LogP contribution in [-0.2, 0) is 11.3 Å². The number of carbonyl (C=O) groups is 1. The van der Waals surface area contributed by atoms with Gasteiger partial charge in [-0.3, -0.25) is 9.80 Å². The molecule has 6 heteroatoms. The van der Waals surface area contributed by atoms with E-state index in [1.807, 2.05) is 6.07 Å². The molecule has 0 aromatic heterocycles. The van der Waals surface area contributed by atoms with Gasteiger partial charge in [0.1, 0.15) is 5.75 Å². The Labute approximate surface area is 154 Å². The van der Waals surface area contributed by atoms with E-state index in [2.05, 4.69) is 9.80 Å². The summed E-state index contributed by atoms with van der Waals surface area (Å²) >= 11 is 6.12. The van der Waals surface area contributed by atoms with Crippen molar-refractivity contribution in [2.45, 2.75) is 44.7 Å². The van der Waals surface area contributed by atoms with Crippen molar-refractivity contribution in [2.75, 3.05) is 32.8 Å². The standard InChI is InChI=1S/C19H27ClN2O3/c20-16-6-7-18(25-14-19(23)24)15(12-16)13-21-8-10-22(11-9-21)17-4-2-1-3-5-17/h6-7,12,17H,1-5,8-11,13-14H2,(H,23,24). The summed E-state index contributed by atoms with van der Waals surface area (Å²) in [5, 5.41) is 9.48. The Hall–Kier alpha value is -1.30. The fourth-order valence-electron chi connectivity index (χ4n) is 3.93. The van der Waals surface area contributed by atoms with Gasteiger partial charge in [0.25, 0.3) is 0 Å². The molecule has 2 aliphatic rings. The fourth-order valence-corrected chi connectivity index (χ4v) is 4.12. The van der Waals surface area contributed by atoms with Crippen LogP contribution in [0.5, 0.6) is 5.75 Å². The predicted octanol–water partition coefficient (Wildman–Crippen LogP) is 3.25. The maximum atomic E-state index is 10.8. The molecule has 1 aromatic rings. The number of benzene rings is 1. The first-order valence-electron chi connectivity index (χ1n) is 9.21. The van der Waals surface area contributed by atoms with Crippen molar-refractivity contribution in [3.05, 3.63) is 28.8 Å². The van der Waals surface area contributed by atoms with Crippen LogP contribution >= 0.6 is 11.6 Å². The van der Waals surface area contributed by atoms with Gasteiger partial charge in [-0.05, 0) is 31.0 Å². The zero-order chi connectivity index (χ0) is 17.6. The lowest BCUT2D eigenvalue weighted by atomic mass is 9.94. The summed E-state index contributed by atoms with van der Waals surface area (Å²) in [4.78, 5) is 15.8. The minimum absolute atomic E-state index is 0.329. The molecule has 0 amide bonds. The third kappa shape index (κ3) is 5.33. The van der Waals surface area contributed by atoms with Crippen molar-refractivity contribution >= 4 is 17.6 Å². The van der Waals surface area contributed by atoms with Crippen LogP contribution in [0, 0.1) is 0 Å². The van der Waals surface area contributed by atoms with Crippen LogP contribution < -0.4 is 4.74 Å². The lowest BCUT2D eigenvalue weighted by molar-refractivity contribution is -0.139. The van der Waals surface area contributed by atoms with Crippen LogP contribution in [0.1, 0.15) is 37.7 Å². The highest BCUT2D eigenvalue weighted by Crippen LogP contribution is 2.26. The molecule has 1 heterocycles. The summed E-state index contributed by atoms with van der Waals surface area (Å²) in [6.45, 7) is 4.69. The molecule has 0 atom stereocenters.